The zero-order chi connectivity index (χ0) is 26.9. The van der Waals surface area contributed by atoms with E-state index in [9.17, 15) is 14.4 Å². The Morgan fingerprint density at radius 2 is 1.92 bits per heavy atom. The van der Waals surface area contributed by atoms with Crippen LogP contribution in [0.15, 0.2) is 28.7 Å². The van der Waals surface area contributed by atoms with Gasteiger partial charge >= 0.3 is 0 Å². The zero-order valence-corrected chi connectivity index (χ0v) is 22.3. The Hall–Kier alpha value is -3.53. The summed E-state index contributed by atoms with van der Waals surface area (Å²) < 4.78 is 16.9. The van der Waals surface area contributed by atoms with Crippen molar-refractivity contribution in [2.45, 2.75) is 58.0 Å². The maximum absolute atomic E-state index is 13.1. The number of ether oxygens (including phenoxy) is 2. The molecule has 1 saturated heterocycles. The van der Waals surface area contributed by atoms with Gasteiger partial charge in [-0.25, -0.2) is 0 Å². The summed E-state index contributed by atoms with van der Waals surface area (Å²) in [5, 5.41) is 8.60. The first-order valence-corrected chi connectivity index (χ1v) is 13.5. The van der Waals surface area contributed by atoms with Crippen molar-refractivity contribution in [2.75, 3.05) is 39.9 Å². The number of methoxy groups -OCH3 is 1. The maximum Gasteiger partial charge on any atom is 0.287 e. The summed E-state index contributed by atoms with van der Waals surface area (Å²) in [6.07, 6.45) is 4.81. The normalized spacial score (nSPS) is 19.5. The van der Waals surface area contributed by atoms with Gasteiger partial charge in [0.25, 0.3) is 11.8 Å². The van der Waals surface area contributed by atoms with Crippen molar-refractivity contribution in [3.63, 3.8) is 0 Å². The molecule has 38 heavy (non-hydrogen) atoms. The average Bonchev–Trinajstić information content (AvgIpc) is 3.59. The second-order valence-corrected chi connectivity index (χ2v) is 9.68. The van der Waals surface area contributed by atoms with Crippen molar-refractivity contribution in [3.8, 4) is 11.5 Å². The van der Waals surface area contributed by atoms with E-state index in [0.717, 1.165) is 31.0 Å². The number of fused-ring (bicyclic) bond motifs is 1. The number of likely N-dealkylation sites (tertiary alicyclic amines) is 1. The summed E-state index contributed by atoms with van der Waals surface area (Å²) >= 11 is 0. The van der Waals surface area contributed by atoms with Crippen molar-refractivity contribution in [2.24, 2.45) is 0 Å². The van der Waals surface area contributed by atoms with Crippen LogP contribution in [0.25, 0.3) is 0 Å². The fourth-order valence-electron chi connectivity index (χ4n) is 4.86. The molecule has 206 valence electrons. The van der Waals surface area contributed by atoms with E-state index in [4.69, 9.17) is 13.9 Å². The van der Waals surface area contributed by atoms with Crippen LogP contribution in [0, 0.1) is 0 Å². The second-order valence-electron chi connectivity index (χ2n) is 9.68. The fraction of sp³-hybridized carbons (Fsp3) is 0.536. The van der Waals surface area contributed by atoms with Gasteiger partial charge in [0.15, 0.2) is 5.76 Å². The van der Waals surface area contributed by atoms with Gasteiger partial charge in [0.05, 0.1) is 19.2 Å². The zero-order valence-electron chi connectivity index (χ0n) is 22.3. The SMILES string of the molecule is CCc1oc(C(=O)N[C@H]2CCCCNC(=O)c3ccc(OC)cc3OCCNC2=O)cc1CN1CCCC1. The van der Waals surface area contributed by atoms with E-state index in [1.807, 2.05) is 13.0 Å². The number of rotatable bonds is 6. The van der Waals surface area contributed by atoms with E-state index in [0.29, 0.717) is 49.3 Å². The molecule has 0 aliphatic carbocycles. The Kier molecular flexibility index (Phi) is 9.64. The monoisotopic (exact) mass is 526 g/mol. The molecular formula is C28H38N4O6. The van der Waals surface area contributed by atoms with E-state index in [1.165, 1.54) is 12.8 Å². The molecule has 2 aromatic rings. The quantitative estimate of drug-likeness (QED) is 0.529. The molecular weight excluding hydrogens is 488 g/mol. The van der Waals surface area contributed by atoms with Crippen molar-refractivity contribution < 1.29 is 28.3 Å². The molecule has 1 atom stereocenters. The number of hydrogen-bond acceptors (Lipinski definition) is 7. The van der Waals surface area contributed by atoms with Gasteiger partial charge < -0.3 is 29.8 Å². The predicted molar refractivity (Wildman–Crippen MR) is 142 cm³/mol. The van der Waals surface area contributed by atoms with Crippen molar-refractivity contribution >= 4 is 17.7 Å². The Balaban J connectivity index is 1.41. The summed E-state index contributed by atoms with van der Waals surface area (Å²) in [6, 6.07) is 6.10. The molecule has 0 bridgehead atoms. The Morgan fingerprint density at radius 3 is 2.68 bits per heavy atom. The van der Waals surface area contributed by atoms with Gasteiger partial charge in [-0.15, -0.1) is 0 Å². The molecule has 4 rings (SSSR count). The number of amides is 3. The molecule has 10 nitrogen and oxygen atoms in total. The average molecular weight is 527 g/mol. The Labute approximate surface area is 223 Å². The topological polar surface area (TPSA) is 122 Å². The highest BCUT2D eigenvalue weighted by atomic mass is 16.5. The van der Waals surface area contributed by atoms with Gasteiger partial charge in [-0.05, 0) is 63.4 Å². The summed E-state index contributed by atoms with van der Waals surface area (Å²) in [7, 11) is 1.54. The standard InChI is InChI=1S/C28H38N4O6/c1-3-23-19(18-32-13-6-7-14-32)16-25(38-23)28(35)31-22-8-4-5-11-29-26(33)21-10-9-20(36-2)17-24(21)37-15-12-30-27(22)34/h9-10,16-17,22H,3-8,11-15,18H2,1-2H3,(H,29,33)(H,30,34)(H,31,35)/t22-/m0/s1. The minimum absolute atomic E-state index is 0.151. The number of carbonyl (C=O) groups excluding carboxylic acids is 3. The van der Waals surface area contributed by atoms with Crippen LogP contribution in [0.5, 0.6) is 11.5 Å². The number of nitrogens with one attached hydrogen (secondary N) is 3. The van der Waals surface area contributed by atoms with Crippen LogP contribution < -0.4 is 25.4 Å². The number of aryl methyl sites for hydroxylation is 1. The van der Waals surface area contributed by atoms with Gasteiger partial charge in [-0.2, -0.15) is 0 Å². The molecule has 10 heteroatoms. The highest BCUT2D eigenvalue weighted by Crippen LogP contribution is 2.25. The first kappa shape index (κ1) is 27.5. The summed E-state index contributed by atoms with van der Waals surface area (Å²) in [6.45, 7) is 5.69. The van der Waals surface area contributed by atoms with E-state index in [-0.39, 0.29) is 30.7 Å². The van der Waals surface area contributed by atoms with Crippen LogP contribution in [0.1, 0.15) is 71.3 Å². The molecule has 3 N–H and O–H groups in total. The van der Waals surface area contributed by atoms with Crippen LogP contribution in [-0.4, -0.2) is 68.6 Å². The molecule has 0 saturated carbocycles. The molecule has 1 aromatic heterocycles. The van der Waals surface area contributed by atoms with Gasteiger partial charge in [0.1, 0.15) is 29.9 Å². The lowest BCUT2D eigenvalue weighted by atomic mass is 10.1. The largest absolute Gasteiger partial charge is 0.497 e. The maximum atomic E-state index is 13.1. The minimum atomic E-state index is -0.731. The second kappa shape index (κ2) is 13.3. The number of hydrogen-bond donors (Lipinski definition) is 3. The van der Waals surface area contributed by atoms with Crippen LogP contribution >= 0.6 is 0 Å². The van der Waals surface area contributed by atoms with Crippen molar-refractivity contribution in [3.05, 3.63) is 46.9 Å². The van der Waals surface area contributed by atoms with Gasteiger partial charge in [-0.1, -0.05) is 6.92 Å². The van der Waals surface area contributed by atoms with Gasteiger partial charge in [0.2, 0.25) is 5.91 Å². The lowest BCUT2D eigenvalue weighted by molar-refractivity contribution is -0.123. The van der Waals surface area contributed by atoms with Crippen LogP contribution in [0.3, 0.4) is 0 Å². The number of furan rings is 1. The van der Waals surface area contributed by atoms with E-state index < -0.39 is 11.9 Å². The number of carbonyl (C=O) groups is 3. The first-order valence-electron chi connectivity index (χ1n) is 13.5. The molecule has 3 amide bonds. The summed E-state index contributed by atoms with van der Waals surface area (Å²) in [4.78, 5) is 41.2. The predicted octanol–water partition coefficient (Wildman–Crippen LogP) is 2.65. The van der Waals surface area contributed by atoms with Crippen LogP contribution in [0.4, 0.5) is 0 Å². The Morgan fingerprint density at radius 1 is 1.11 bits per heavy atom. The third kappa shape index (κ3) is 7.06. The van der Waals surface area contributed by atoms with Crippen LogP contribution in [0.2, 0.25) is 0 Å². The van der Waals surface area contributed by atoms with E-state index >= 15 is 0 Å². The van der Waals surface area contributed by atoms with Gasteiger partial charge in [-0.3, -0.25) is 19.3 Å². The molecule has 2 aliphatic rings. The molecule has 0 unspecified atom stereocenters. The van der Waals surface area contributed by atoms with E-state index in [2.05, 4.69) is 20.9 Å². The van der Waals surface area contributed by atoms with Crippen molar-refractivity contribution in [1.29, 1.82) is 0 Å². The lowest BCUT2D eigenvalue weighted by Crippen LogP contribution is -2.47. The molecule has 0 radical (unpaired) electrons. The van der Waals surface area contributed by atoms with Gasteiger partial charge in [0, 0.05) is 31.1 Å². The van der Waals surface area contributed by atoms with Crippen LogP contribution in [-0.2, 0) is 17.8 Å². The number of nitrogens with zero attached hydrogens (tertiary/aromatic N) is 1. The highest BCUT2D eigenvalue weighted by Gasteiger charge is 2.25. The fourth-order valence-corrected chi connectivity index (χ4v) is 4.86. The summed E-state index contributed by atoms with van der Waals surface area (Å²) in [5.74, 6) is 1.06. The first-order chi connectivity index (χ1) is 18.5. The lowest BCUT2D eigenvalue weighted by Gasteiger charge is -2.19. The van der Waals surface area contributed by atoms with Crippen molar-refractivity contribution in [1.82, 2.24) is 20.9 Å². The third-order valence-electron chi connectivity index (χ3n) is 6.95. The number of benzene rings is 1. The summed E-state index contributed by atoms with van der Waals surface area (Å²) in [5.41, 5.74) is 1.44. The molecule has 1 fully saturated rings. The molecule has 1 aromatic carbocycles. The highest BCUT2D eigenvalue weighted by molar-refractivity contribution is 5.97. The molecule has 3 heterocycles. The smallest absolute Gasteiger partial charge is 0.287 e. The molecule has 2 aliphatic heterocycles. The Bertz CT molecular complexity index is 1120. The third-order valence-corrected chi connectivity index (χ3v) is 6.95. The molecule has 0 spiro atoms. The van der Waals surface area contributed by atoms with E-state index in [1.54, 1.807) is 25.3 Å². The minimum Gasteiger partial charge on any atom is -0.497 e.